The standard InChI is InChI=1S/C9H17N3O3/c1-8-9(12-15-11-8)7-10-3-4-14-6-5-13-2/h10H,3-7H2,1-2H3. The Morgan fingerprint density at radius 3 is 2.80 bits per heavy atom. The zero-order valence-electron chi connectivity index (χ0n) is 9.15. The second kappa shape index (κ2) is 7.33. The van der Waals surface area contributed by atoms with Crippen LogP contribution in [0.5, 0.6) is 0 Å². The SMILES string of the molecule is COCCOCCNCc1nonc1C. The van der Waals surface area contributed by atoms with Crippen molar-refractivity contribution in [1.29, 1.82) is 0 Å². The Labute approximate surface area is 88.9 Å². The molecule has 1 N–H and O–H groups in total. The minimum Gasteiger partial charge on any atom is -0.382 e. The molecule has 0 aliphatic carbocycles. The number of nitrogens with one attached hydrogen (secondary N) is 1. The molecule has 0 radical (unpaired) electrons. The van der Waals surface area contributed by atoms with E-state index in [0.29, 0.717) is 26.4 Å². The summed E-state index contributed by atoms with van der Waals surface area (Å²) in [5.41, 5.74) is 1.66. The Morgan fingerprint density at radius 1 is 1.27 bits per heavy atom. The largest absolute Gasteiger partial charge is 0.382 e. The van der Waals surface area contributed by atoms with Crippen LogP contribution in [0.1, 0.15) is 11.4 Å². The van der Waals surface area contributed by atoms with Gasteiger partial charge >= 0.3 is 0 Å². The van der Waals surface area contributed by atoms with Crippen molar-refractivity contribution in [2.24, 2.45) is 0 Å². The average molecular weight is 215 g/mol. The smallest absolute Gasteiger partial charge is 0.121 e. The third kappa shape index (κ3) is 4.87. The second-order valence-electron chi connectivity index (χ2n) is 3.08. The highest BCUT2D eigenvalue weighted by molar-refractivity contribution is 5.03. The molecule has 6 heteroatoms. The molecule has 0 fully saturated rings. The second-order valence-corrected chi connectivity index (χ2v) is 3.08. The molecule has 0 bridgehead atoms. The van der Waals surface area contributed by atoms with Crippen molar-refractivity contribution in [2.45, 2.75) is 13.5 Å². The summed E-state index contributed by atoms with van der Waals surface area (Å²) in [7, 11) is 1.65. The van der Waals surface area contributed by atoms with E-state index in [4.69, 9.17) is 9.47 Å². The van der Waals surface area contributed by atoms with E-state index in [-0.39, 0.29) is 0 Å². The summed E-state index contributed by atoms with van der Waals surface area (Å²) in [6.07, 6.45) is 0. The van der Waals surface area contributed by atoms with Crippen LogP contribution >= 0.6 is 0 Å². The number of nitrogens with zero attached hydrogens (tertiary/aromatic N) is 2. The molecular weight excluding hydrogens is 198 g/mol. The van der Waals surface area contributed by atoms with Crippen molar-refractivity contribution in [3.05, 3.63) is 11.4 Å². The molecule has 1 heterocycles. The molecule has 0 aliphatic heterocycles. The van der Waals surface area contributed by atoms with E-state index in [2.05, 4.69) is 20.3 Å². The van der Waals surface area contributed by atoms with Gasteiger partial charge in [-0.15, -0.1) is 0 Å². The van der Waals surface area contributed by atoms with Crippen LogP contribution in [0.4, 0.5) is 0 Å². The molecule has 1 aromatic rings. The van der Waals surface area contributed by atoms with Crippen molar-refractivity contribution in [1.82, 2.24) is 15.6 Å². The Balaban J connectivity index is 1.96. The highest BCUT2D eigenvalue weighted by atomic mass is 16.6. The first-order valence-electron chi connectivity index (χ1n) is 4.90. The van der Waals surface area contributed by atoms with Gasteiger partial charge in [0, 0.05) is 20.2 Å². The van der Waals surface area contributed by atoms with Crippen molar-refractivity contribution >= 4 is 0 Å². The molecule has 0 aromatic carbocycles. The fraction of sp³-hybridized carbons (Fsp3) is 0.778. The maximum Gasteiger partial charge on any atom is 0.121 e. The van der Waals surface area contributed by atoms with E-state index < -0.39 is 0 Å². The molecule has 0 aliphatic rings. The first-order chi connectivity index (χ1) is 7.34. The zero-order chi connectivity index (χ0) is 10.9. The molecule has 0 amide bonds. The first-order valence-corrected chi connectivity index (χ1v) is 4.90. The minimum absolute atomic E-state index is 0.628. The summed E-state index contributed by atoms with van der Waals surface area (Å²) in [6, 6.07) is 0. The van der Waals surface area contributed by atoms with Crippen LogP contribution in [0.2, 0.25) is 0 Å². The Hall–Kier alpha value is -0.980. The first kappa shape index (κ1) is 12.1. The lowest BCUT2D eigenvalue weighted by atomic mass is 10.3. The maximum absolute atomic E-state index is 5.28. The fourth-order valence-electron chi connectivity index (χ4n) is 1.01. The van der Waals surface area contributed by atoms with Gasteiger partial charge in [0.2, 0.25) is 0 Å². The molecule has 0 unspecified atom stereocenters. The number of aromatic nitrogens is 2. The van der Waals surface area contributed by atoms with Crippen molar-refractivity contribution in [3.8, 4) is 0 Å². The lowest BCUT2D eigenvalue weighted by Crippen LogP contribution is -2.20. The van der Waals surface area contributed by atoms with Gasteiger partial charge in [0.25, 0.3) is 0 Å². The van der Waals surface area contributed by atoms with Crippen molar-refractivity contribution in [3.63, 3.8) is 0 Å². The Kier molecular flexibility index (Phi) is 5.91. The lowest BCUT2D eigenvalue weighted by Gasteiger charge is -2.04. The Morgan fingerprint density at radius 2 is 2.13 bits per heavy atom. The summed E-state index contributed by atoms with van der Waals surface area (Å²) in [5.74, 6) is 0. The van der Waals surface area contributed by atoms with E-state index in [1.165, 1.54) is 0 Å². The third-order valence-electron chi connectivity index (χ3n) is 1.89. The highest BCUT2D eigenvalue weighted by Crippen LogP contribution is 1.98. The predicted molar refractivity (Wildman–Crippen MR) is 53.4 cm³/mol. The van der Waals surface area contributed by atoms with E-state index >= 15 is 0 Å². The van der Waals surface area contributed by atoms with Crippen LogP contribution in [0, 0.1) is 6.92 Å². The minimum atomic E-state index is 0.628. The number of ether oxygens (including phenoxy) is 2. The van der Waals surface area contributed by atoms with Crippen LogP contribution in [0.15, 0.2) is 4.63 Å². The quantitative estimate of drug-likeness (QED) is 0.622. The van der Waals surface area contributed by atoms with Crippen molar-refractivity contribution < 1.29 is 14.1 Å². The van der Waals surface area contributed by atoms with Gasteiger partial charge in [-0.05, 0) is 6.92 Å². The normalized spacial score (nSPS) is 10.8. The average Bonchev–Trinajstić information content (AvgIpc) is 2.63. The summed E-state index contributed by atoms with van der Waals surface area (Å²) in [4.78, 5) is 0. The van der Waals surface area contributed by atoms with Gasteiger partial charge in [0.1, 0.15) is 11.4 Å². The number of hydrogen-bond acceptors (Lipinski definition) is 6. The van der Waals surface area contributed by atoms with Crippen LogP contribution < -0.4 is 5.32 Å². The van der Waals surface area contributed by atoms with E-state index in [0.717, 1.165) is 17.9 Å². The third-order valence-corrected chi connectivity index (χ3v) is 1.89. The Bertz CT molecular complexity index is 265. The predicted octanol–water partition coefficient (Wildman–Crippen LogP) is 0.131. The zero-order valence-corrected chi connectivity index (χ0v) is 9.15. The topological polar surface area (TPSA) is 69.4 Å². The summed E-state index contributed by atoms with van der Waals surface area (Å²) in [6.45, 7) is 5.21. The molecule has 86 valence electrons. The van der Waals surface area contributed by atoms with E-state index in [9.17, 15) is 0 Å². The summed E-state index contributed by atoms with van der Waals surface area (Å²) in [5, 5.41) is 10.6. The number of aryl methyl sites for hydroxylation is 1. The van der Waals surface area contributed by atoms with Gasteiger partial charge in [0.05, 0.1) is 19.8 Å². The van der Waals surface area contributed by atoms with Gasteiger partial charge in [-0.2, -0.15) is 0 Å². The molecular formula is C9H17N3O3. The van der Waals surface area contributed by atoms with Gasteiger partial charge in [0.15, 0.2) is 0 Å². The molecule has 0 saturated heterocycles. The van der Waals surface area contributed by atoms with E-state index in [1.54, 1.807) is 7.11 Å². The number of rotatable bonds is 8. The maximum atomic E-state index is 5.28. The summed E-state index contributed by atoms with van der Waals surface area (Å²) >= 11 is 0. The number of hydrogen-bond donors (Lipinski definition) is 1. The van der Waals surface area contributed by atoms with Crippen LogP contribution in [0.3, 0.4) is 0 Å². The van der Waals surface area contributed by atoms with Crippen molar-refractivity contribution in [2.75, 3.05) is 33.5 Å². The fourth-order valence-corrected chi connectivity index (χ4v) is 1.01. The molecule has 15 heavy (non-hydrogen) atoms. The number of methoxy groups -OCH3 is 1. The summed E-state index contributed by atoms with van der Waals surface area (Å²) < 4.78 is 14.7. The molecule has 0 atom stereocenters. The van der Waals surface area contributed by atoms with Gasteiger partial charge in [-0.25, -0.2) is 4.63 Å². The molecule has 1 aromatic heterocycles. The molecule has 1 rings (SSSR count). The highest BCUT2D eigenvalue weighted by Gasteiger charge is 2.02. The van der Waals surface area contributed by atoms with Gasteiger partial charge in [-0.1, -0.05) is 10.3 Å². The monoisotopic (exact) mass is 215 g/mol. The molecule has 6 nitrogen and oxygen atoms in total. The van der Waals surface area contributed by atoms with Crippen LogP contribution in [-0.4, -0.2) is 43.8 Å². The lowest BCUT2D eigenvalue weighted by molar-refractivity contribution is 0.0718. The van der Waals surface area contributed by atoms with Crippen LogP contribution in [0.25, 0.3) is 0 Å². The molecule has 0 saturated carbocycles. The molecule has 0 spiro atoms. The van der Waals surface area contributed by atoms with Crippen LogP contribution in [-0.2, 0) is 16.0 Å². The van der Waals surface area contributed by atoms with Gasteiger partial charge in [-0.3, -0.25) is 0 Å². The van der Waals surface area contributed by atoms with E-state index in [1.807, 2.05) is 6.92 Å². The van der Waals surface area contributed by atoms with Gasteiger partial charge < -0.3 is 14.8 Å².